The summed E-state index contributed by atoms with van der Waals surface area (Å²) in [5.74, 6) is 0.529. The van der Waals surface area contributed by atoms with Crippen LogP contribution in [-0.4, -0.2) is 8.32 Å². The molecule has 0 fully saturated rings. The average molecular weight is 280 g/mol. The Morgan fingerprint density at radius 3 is 2.16 bits per heavy atom. The molecule has 0 heterocycles. The van der Waals surface area contributed by atoms with E-state index in [-0.39, 0.29) is 0 Å². The summed E-state index contributed by atoms with van der Waals surface area (Å²) in [5, 5.41) is 0. The molecular weight excluding hydrogens is 255 g/mol. The Morgan fingerprint density at radius 1 is 1.11 bits per heavy atom. The van der Waals surface area contributed by atoms with Gasteiger partial charge in [-0.1, -0.05) is 51.1 Å². The van der Waals surface area contributed by atoms with Crippen molar-refractivity contribution in [2.24, 2.45) is 0 Å². The second kappa shape index (κ2) is 8.15. The van der Waals surface area contributed by atoms with Gasteiger partial charge in [0, 0.05) is 6.42 Å². The topological polar surface area (TPSA) is 9.23 Å². The summed E-state index contributed by atoms with van der Waals surface area (Å²) in [5.41, 5.74) is 1.22. The molecule has 1 aromatic carbocycles. The molecule has 3 heteroatoms. The van der Waals surface area contributed by atoms with Crippen LogP contribution in [0, 0.1) is 0 Å². The molecule has 0 saturated heterocycles. The fraction of sp³-hybridized carbons (Fsp3) is 0.500. The third-order valence-corrected chi connectivity index (χ3v) is 8.47. The van der Waals surface area contributed by atoms with Gasteiger partial charge in [0.25, 0.3) is 0 Å². The molecule has 0 aromatic heterocycles. The second-order valence-electron chi connectivity index (χ2n) is 4.91. The van der Waals surface area contributed by atoms with E-state index >= 15 is 0 Å². The Bertz CT molecular complexity index is 377. The van der Waals surface area contributed by atoms with Crippen LogP contribution in [0.5, 0.6) is 0 Å². The van der Waals surface area contributed by atoms with Gasteiger partial charge in [-0.2, -0.15) is 0 Å². The lowest BCUT2D eigenvalue weighted by Crippen LogP contribution is -2.35. The van der Waals surface area contributed by atoms with Gasteiger partial charge in [0.15, 0.2) is 0 Å². The second-order valence-corrected chi connectivity index (χ2v) is 9.60. The van der Waals surface area contributed by atoms with E-state index in [9.17, 15) is 4.39 Å². The van der Waals surface area contributed by atoms with E-state index in [0.29, 0.717) is 18.5 Å². The predicted octanol–water partition coefficient (Wildman–Crippen LogP) is 5.45. The average Bonchev–Trinajstić information content (AvgIpc) is 2.49. The van der Waals surface area contributed by atoms with Crippen molar-refractivity contribution in [3.8, 4) is 0 Å². The molecule has 106 valence electrons. The minimum absolute atomic E-state index is 0.529. The van der Waals surface area contributed by atoms with Gasteiger partial charge in [0.05, 0.1) is 0 Å². The highest BCUT2D eigenvalue weighted by molar-refractivity contribution is 6.73. The van der Waals surface area contributed by atoms with Crippen LogP contribution in [0.3, 0.4) is 0 Å². The molecule has 1 aromatic rings. The number of aryl methyl sites for hydroxylation is 1. The normalized spacial score (nSPS) is 12.5. The monoisotopic (exact) mass is 280 g/mol. The van der Waals surface area contributed by atoms with Crippen molar-refractivity contribution in [2.45, 2.75) is 51.7 Å². The maximum atomic E-state index is 13.0. The number of benzene rings is 1. The smallest absolute Gasteiger partial charge is 0.250 e. The van der Waals surface area contributed by atoms with Crippen LogP contribution < -0.4 is 0 Å². The lowest BCUT2D eigenvalue weighted by atomic mass is 10.1. The zero-order valence-corrected chi connectivity index (χ0v) is 13.3. The fourth-order valence-corrected chi connectivity index (χ4v) is 4.92. The van der Waals surface area contributed by atoms with E-state index < -0.39 is 8.32 Å². The summed E-state index contributed by atoms with van der Waals surface area (Å²) < 4.78 is 19.1. The molecular formula is C16H25FOSi. The lowest BCUT2D eigenvalue weighted by molar-refractivity contribution is 0.370. The number of hydrogen-bond acceptors (Lipinski definition) is 1. The summed E-state index contributed by atoms with van der Waals surface area (Å²) in [7, 11) is -1.75. The molecule has 0 aliphatic carbocycles. The quantitative estimate of drug-likeness (QED) is 0.454. The Labute approximate surface area is 117 Å². The van der Waals surface area contributed by atoms with Crippen molar-refractivity contribution in [3.05, 3.63) is 48.0 Å². The van der Waals surface area contributed by atoms with Gasteiger partial charge in [-0.15, -0.1) is 0 Å². The highest BCUT2D eigenvalue weighted by Gasteiger charge is 2.31. The van der Waals surface area contributed by atoms with E-state index in [1.807, 2.05) is 18.2 Å². The number of hydrogen-bond donors (Lipinski definition) is 0. The van der Waals surface area contributed by atoms with Gasteiger partial charge in [0.1, 0.15) is 12.1 Å². The first-order valence-electron chi connectivity index (χ1n) is 7.21. The standard InChI is InChI=1S/C16H25FOSi/c1-4-19(5-2,6-3)18-16(14-17)13-12-15-10-8-7-9-11-15/h7-11,14H,4-6,12-13H2,1-3H3/b16-14-. The van der Waals surface area contributed by atoms with Crippen LogP contribution in [-0.2, 0) is 10.8 Å². The third-order valence-electron chi connectivity index (χ3n) is 3.91. The van der Waals surface area contributed by atoms with Crippen molar-refractivity contribution in [2.75, 3.05) is 0 Å². The SMILES string of the molecule is CC[Si](CC)(CC)O/C(=C\F)CCc1ccccc1. The van der Waals surface area contributed by atoms with E-state index in [1.54, 1.807) is 0 Å². The summed E-state index contributed by atoms with van der Waals surface area (Å²) in [4.78, 5) is 0. The minimum atomic E-state index is -1.75. The molecule has 0 aliphatic rings. The highest BCUT2D eigenvalue weighted by atomic mass is 28.4. The molecule has 0 radical (unpaired) electrons. The van der Waals surface area contributed by atoms with Crippen LogP contribution in [0.4, 0.5) is 4.39 Å². The first-order chi connectivity index (χ1) is 9.19. The fourth-order valence-electron chi connectivity index (χ4n) is 2.28. The van der Waals surface area contributed by atoms with Gasteiger partial charge in [-0.3, -0.25) is 0 Å². The minimum Gasteiger partial charge on any atom is -0.545 e. The van der Waals surface area contributed by atoms with Crippen LogP contribution >= 0.6 is 0 Å². The Kier molecular flexibility index (Phi) is 6.85. The van der Waals surface area contributed by atoms with Crippen molar-refractivity contribution >= 4 is 8.32 Å². The third kappa shape index (κ3) is 4.82. The zero-order chi connectivity index (χ0) is 14.1. The predicted molar refractivity (Wildman–Crippen MR) is 82.2 cm³/mol. The maximum absolute atomic E-state index is 13.0. The van der Waals surface area contributed by atoms with Crippen LogP contribution in [0.25, 0.3) is 0 Å². The van der Waals surface area contributed by atoms with E-state index in [2.05, 4.69) is 32.9 Å². The van der Waals surface area contributed by atoms with Gasteiger partial charge in [-0.25, -0.2) is 4.39 Å². The van der Waals surface area contributed by atoms with E-state index in [0.717, 1.165) is 24.6 Å². The molecule has 0 aliphatic heterocycles. The van der Waals surface area contributed by atoms with Gasteiger partial charge in [0.2, 0.25) is 8.32 Å². The molecule has 0 saturated carbocycles. The first-order valence-corrected chi connectivity index (χ1v) is 9.74. The number of allylic oxidation sites excluding steroid dienone is 1. The summed E-state index contributed by atoms with van der Waals surface area (Å²) >= 11 is 0. The molecule has 19 heavy (non-hydrogen) atoms. The molecule has 1 nitrogen and oxygen atoms in total. The van der Waals surface area contributed by atoms with Crippen molar-refractivity contribution in [1.82, 2.24) is 0 Å². The van der Waals surface area contributed by atoms with Gasteiger partial charge in [-0.05, 0) is 30.1 Å². The molecule has 1 rings (SSSR count). The van der Waals surface area contributed by atoms with Crippen molar-refractivity contribution in [3.63, 3.8) is 0 Å². The van der Waals surface area contributed by atoms with Crippen LogP contribution in [0.1, 0.15) is 32.8 Å². The van der Waals surface area contributed by atoms with Gasteiger partial charge < -0.3 is 4.43 Å². The molecule has 0 bridgehead atoms. The Morgan fingerprint density at radius 2 is 1.68 bits per heavy atom. The molecule has 0 amide bonds. The van der Waals surface area contributed by atoms with Gasteiger partial charge >= 0.3 is 0 Å². The van der Waals surface area contributed by atoms with Crippen LogP contribution in [0.15, 0.2) is 42.4 Å². The molecule has 0 atom stereocenters. The Hall–Kier alpha value is -1.09. The van der Waals surface area contributed by atoms with Crippen molar-refractivity contribution < 1.29 is 8.82 Å². The lowest BCUT2D eigenvalue weighted by Gasteiger charge is -2.30. The summed E-state index contributed by atoms with van der Waals surface area (Å²) in [6, 6.07) is 13.3. The number of rotatable bonds is 8. The molecule has 0 spiro atoms. The summed E-state index contributed by atoms with van der Waals surface area (Å²) in [6.45, 7) is 6.48. The van der Waals surface area contributed by atoms with E-state index in [4.69, 9.17) is 4.43 Å². The zero-order valence-electron chi connectivity index (χ0n) is 12.3. The summed E-state index contributed by atoms with van der Waals surface area (Å²) in [6.07, 6.45) is 2.14. The maximum Gasteiger partial charge on any atom is 0.250 e. The highest BCUT2D eigenvalue weighted by Crippen LogP contribution is 2.26. The van der Waals surface area contributed by atoms with Crippen LogP contribution in [0.2, 0.25) is 18.1 Å². The first kappa shape index (κ1) is 16.0. The molecule has 0 N–H and O–H groups in total. The van der Waals surface area contributed by atoms with Crippen molar-refractivity contribution in [1.29, 1.82) is 0 Å². The van der Waals surface area contributed by atoms with E-state index in [1.165, 1.54) is 5.56 Å². The Balaban J connectivity index is 2.60. The largest absolute Gasteiger partial charge is 0.545 e. The number of halogens is 1. The molecule has 0 unspecified atom stereocenters.